The van der Waals surface area contributed by atoms with Gasteiger partial charge >= 0.3 is 0 Å². The number of nitrogens with one attached hydrogen (secondary N) is 1. The van der Waals surface area contributed by atoms with Gasteiger partial charge in [0.25, 0.3) is 5.91 Å². The highest BCUT2D eigenvalue weighted by atomic mass is 79.9. The minimum Gasteiger partial charge on any atom is -0.493 e. The number of ether oxygens (including phenoxy) is 2. The van der Waals surface area contributed by atoms with Gasteiger partial charge in [0.05, 0.1) is 12.8 Å². The van der Waals surface area contributed by atoms with Crippen LogP contribution >= 0.6 is 15.9 Å². The zero-order valence-corrected chi connectivity index (χ0v) is 16.4. The molecule has 5 nitrogen and oxygen atoms in total. The van der Waals surface area contributed by atoms with E-state index in [1.807, 2.05) is 67.6 Å². The van der Waals surface area contributed by atoms with Crippen molar-refractivity contribution in [3.63, 3.8) is 0 Å². The molecule has 138 valence electrons. The first-order valence-electron chi connectivity index (χ1n) is 8.51. The van der Waals surface area contributed by atoms with Gasteiger partial charge in [0.1, 0.15) is 11.5 Å². The van der Waals surface area contributed by atoms with Gasteiger partial charge in [-0.15, -0.1) is 0 Å². The van der Waals surface area contributed by atoms with Gasteiger partial charge in [0, 0.05) is 10.0 Å². The Hall–Kier alpha value is -2.86. The van der Waals surface area contributed by atoms with E-state index in [1.165, 1.54) is 0 Å². The number of rotatable bonds is 7. The summed E-state index contributed by atoms with van der Waals surface area (Å²) < 4.78 is 12.0. The van der Waals surface area contributed by atoms with E-state index in [2.05, 4.69) is 26.5 Å². The van der Waals surface area contributed by atoms with Crippen molar-refractivity contribution in [3.05, 3.63) is 70.7 Å². The Morgan fingerprint density at radius 3 is 2.70 bits per heavy atom. The number of hydrazone groups is 1. The molecule has 3 aromatic rings. The summed E-state index contributed by atoms with van der Waals surface area (Å²) in [6.45, 7) is 2.34. The second-order valence-electron chi connectivity index (χ2n) is 5.71. The number of benzene rings is 3. The molecule has 27 heavy (non-hydrogen) atoms. The highest BCUT2D eigenvalue weighted by molar-refractivity contribution is 9.10. The summed E-state index contributed by atoms with van der Waals surface area (Å²) in [5.74, 6) is 0.997. The Balaban J connectivity index is 1.56. The largest absolute Gasteiger partial charge is 0.493 e. The van der Waals surface area contributed by atoms with Crippen LogP contribution in [0, 0.1) is 0 Å². The molecule has 0 aliphatic rings. The van der Waals surface area contributed by atoms with Crippen molar-refractivity contribution >= 4 is 38.8 Å². The number of hydrogen-bond donors (Lipinski definition) is 1. The highest BCUT2D eigenvalue weighted by Crippen LogP contribution is 2.22. The minimum atomic E-state index is -0.340. The van der Waals surface area contributed by atoms with Crippen LogP contribution in [0.4, 0.5) is 0 Å². The Morgan fingerprint density at radius 1 is 1.07 bits per heavy atom. The zero-order chi connectivity index (χ0) is 19.1. The first kappa shape index (κ1) is 18.9. The third kappa shape index (κ3) is 5.31. The van der Waals surface area contributed by atoms with Crippen LogP contribution in [0.25, 0.3) is 10.8 Å². The fraction of sp³-hybridized carbons (Fsp3) is 0.143. The molecule has 1 N–H and O–H groups in total. The second-order valence-corrected chi connectivity index (χ2v) is 6.62. The lowest BCUT2D eigenvalue weighted by molar-refractivity contribution is -0.123. The van der Waals surface area contributed by atoms with Crippen LogP contribution in [0.3, 0.4) is 0 Å². The summed E-state index contributed by atoms with van der Waals surface area (Å²) in [6, 6.07) is 19.3. The molecule has 0 unspecified atom stereocenters. The lowest BCUT2D eigenvalue weighted by Gasteiger charge is -2.08. The first-order valence-corrected chi connectivity index (χ1v) is 9.31. The number of halogens is 1. The van der Waals surface area contributed by atoms with Gasteiger partial charge in [-0.25, -0.2) is 5.43 Å². The minimum absolute atomic E-state index is 0.119. The zero-order valence-electron chi connectivity index (χ0n) is 14.8. The van der Waals surface area contributed by atoms with E-state index >= 15 is 0 Å². The predicted molar refractivity (Wildman–Crippen MR) is 110 cm³/mol. The van der Waals surface area contributed by atoms with Crippen LogP contribution in [0.2, 0.25) is 0 Å². The molecule has 3 aromatic carbocycles. The van der Waals surface area contributed by atoms with Gasteiger partial charge in [-0.3, -0.25) is 4.79 Å². The summed E-state index contributed by atoms with van der Waals surface area (Å²) in [5, 5.41) is 6.17. The predicted octanol–water partition coefficient (Wildman–Crippen LogP) is 4.53. The monoisotopic (exact) mass is 426 g/mol. The van der Waals surface area contributed by atoms with E-state index in [0.29, 0.717) is 18.1 Å². The van der Waals surface area contributed by atoms with Crippen LogP contribution in [0.5, 0.6) is 11.5 Å². The molecular formula is C21H19BrN2O3. The topological polar surface area (TPSA) is 59.9 Å². The number of hydrogen-bond acceptors (Lipinski definition) is 4. The number of fused-ring (bicyclic) bond motifs is 1. The Bertz CT molecular complexity index is 973. The van der Waals surface area contributed by atoms with E-state index in [9.17, 15) is 4.79 Å². The van der Waals surface area contributed by atoms with Gasteiger partial charge in [-0.2, -0.15) is 5.10 Å². The Morgan fingerprint density at radius 2 is 1.89 bits per heavy atom. The SMILES string of the molecule is CCOc1ccc(Br)cc1/C=N/NC(=O)COc1ccc2ccccc2c1. The van der Waals surface area contributed by atoms with Crippen LogP contribution in [0.1, 0.15) is 12.5 Å². The van der Waals surface area contributed by atoms with Gasteiger partial charge in [0.2, 0.25) is 0 Å². The van der Waals surface area contributed by atoms with E-state index in [-0.39, 0.29) is 12.5 Å². The molecule has 0 aliphatic carbocycles. The van der Waals surface area contributed by atoms with Crippen molar-refractivity contribution in [2.24, 2.45) is 5.10 Å². The highest BCUT2D eigenvalue weighted by Gasteiger charge is 2.04. The van der Waals surface area contributed by atoms with E-state index in [1.54, 1.807) is 6.21 Å². The molecule has 0 saturated heterocycles. The van der Waals surface area contributed by atoms with E-state index < -0.39 is 0 Å². The number of nitrogens with zero attached hydrogens (tertiary/aromatic N) is 1. The fourth-order valence-corrected chi connectivity index (χ4v) is 2.90. The summed E-state index contributed by atoms with van der Waals surface area (Å²) in [5.41, 5.74) is 3.23. The van der Waals surface area contributed by atoms with Crippen LogP contribution < -0.4 is 14.9 Å². The molecule has 3 rings (SSSR count). The lowest BCUT2D eigenvalue weighted by Crippen LogP contribution is -2.24. The van der Waals surface area contributed by atoms with E-state index in [0.717, 1.165) is 20.8 Å². The number of amides is 1. The van der Waals surface area contributed by atoms with Gasteiger partial charge in [-0.1, -0.05) is 46.3 Å². The molecule has 0 radical (unpaired) electrons. The lowest BCUT2D eigenvalue weighted by atomic mass is 10.1. The normalized spacial score (nSPS) is 10.9. The molecule has 6 heteroatoms. The third-order valence-electron chi connectivity index (χ3n) is 3.76. The van der Waals surface area contributed by atoms with Gasteiger partial charge in [0.15, 0.2) is 6.61 Å². The molecule has 0 spiro atoms. The molecule has 0 saturated carbocycles. The number of carbonyl (C=O) groups is 1. The number of carbonyl (C=O) groups excluding carboxylic acids is 1. The van der Waals surface area contributed by atoms with Crippen LogP contribution in [-0.4, -0.2) is 25.3 Å². The van der Waals surface area contributed by atoms with Crippen molar-refractivity contribution in [2.75, 3.05) is 13.2 Å². The molecule has 1 amide bonds. The first-order chi connectivity index (χ1) is 13.2. The van der Waals surface area contributed by atoms with Gasteiger partial charge < -0.3 is 9.47 Å². The molecule has 0 aliphatic heterocycles. The Labute approximate surface area is 166 Å². The van der Waals surface area contributed by atoms with Crippen LogP contribution in [-0.2, 0) is 4.79 Å². The van der Waals surface area contributed by atoms with Crippen molar-refractivity contribution < 1.29 is 14.3 Å². The second kappa shape index (κ2) is 9.19. The fourth-order valence-electron chi connectivity index (χ4n) is 2.52. The molecule has 0 heterocycles. The summed E-state index contributed by atoms with van der Waals surface area (Å²) >= 11 is 3.41. The smallest absolute Gasteiger partial charge is 0.277 e. The molecule has 0 fully saturated rings. The molecule has 0 aromatic heterocycles. The van der Waals surface area contributed by atoms with Crippen LogP contribution in [0.15, 0.2) is 70.2 Å². The van der Waals surface area contributed by atoms with Crippen molar-refractivity contribution in [1.82, 2.24) is 5.43 Å². The van der Waals surface area contributed by atoms with Crippen molar-refractivity contribution in [1.29, 1.82) is 0 Å². The summed E-state index contributed by atoms with van der Waals surface area (Å²) in [7, 11) is 0. The standard InChI is InChI=1S/C21H19BrN2O3/c1-2-26-20-10-8-18(22)11-17(20)13-23-24-21(25)14-27-19-9-7-15-5-3-4-6-16(15)12-19/h3-13H,2,14H2,1H3,(H,24,25)/b23-13+. The molecular weight excluding hydrogens is 408 g/mol. The Kier molecular flexibility index (Phi) is 6.44. The quantitative estimate of drug-likeness (QED) is 0.445. The maximum absolute atomic E-state index is 12.0. The van der Waals surface area contributed by atoms with Gasteiger partial charge in [-0.05, 0) is 48.0 Å². The molecule has 0 bridgehead atoms. The maximum Gasteiger partial charge on any atom is 0.277 e. The van der Waals surface area contributed by atoms with Crippen molar-refractivity contribution in [3.8, 4) is 11.5 Å². The average Bonchev–Trinajstić information content (AvgIpc) is 2.68. The summed E-state index contributed by atoms with van der Waals surface area (Å²) in [4.78, 5) is 12.0. The summed E-state index contributed by atoms with van der Waals surface area (Å²) in [6.07, 6.45) is 1.55. The van der Waals surface area contributed by atoms with Crippen molar-refractivity contribution in [2.45, 2.75) is 6.92 Å². The molecule has 0 atom stereocenters. The van der Waals surface area contributed by atoms with E-state index in [4.69, 9.17) is 9.47 Å². The average molecular weight is 427 g/mol. The maximum atomic E-state index is 12.0. The third-order valence-corrected chi connectivity index (χ3v) is 4.25.